The second kappa shape index (κ2) is 11.7. The van der Waals surface area contributed by atoms with Crippen LogP contribution in [0.4, 0.5) is 5.69 Å². The quantitative estimate of drug-likeness (QED) is 0.184. The zero-order valence-electron chi connectivity index (χ0n) is 19.9. The van der Waals surface area contributed by atoms with Crippen LogP contribution in [-0.2, 0) is 16.1 Å². The number of guanidine groups is 1. The molecule has 10 heteroatoms. The molecule has 36 heavy (non-hydrogen) atoms. The van der Waals surface area contributed by atoms with E-state index in [1.807, 2.05) is 61.6 Å². The normalized spacial score (nSPS) is 16.4. The van der Waals surface area contributed by atoms with Crippen LogP contribution in [0, 0.1) is 18.4 Å². The first-order chi connectivity index (χ1) is 17.4. The number of fused-ring (bicyclic) bond motifs is 1. The van der Waals surface area contributed by atoms with Crippen molar-refractivity contribution in [2.75, 3.05) is 18.4 Å². The summed E-state index contributed by atoms with van der Waals surface area (Å²) >= 11 is 3.47. The number of nitrogens with one attached hydrogen (secondary N) is 3. The molecule has 0 aliphatic carbocycles. The first-order valence-corrected chi connectivity index (χ1v) is 12.5. The van der Waals surface area contributed by atoms with Crippen molar-refractivity contribution in [1.29, 1.82) is 5.26 Å². The maximum absolute atomic E-state index is 13.3. The smallest absolute Gasteiger partial charge is 0.247 e. The van der Waals surface area contributed by atoms with Crippen LogP contribution in [-0.4, -0.2) is 41.8 Å². The fourth-order valence-electron chi connectivity index (χ4n) is 4.12. The zero-order valence-corrected chi connectivity index (χ0v) is 21.5. The fourth-order valence-corrected chi connectivity index (χ4v) is 4.55. The first-order valence-electron chi connectivity index (χ1n) is 11.7. The lowest BCUT2D eigenvalue weighted by molar-refractivity contribution is -0.136. The van der Waals surface area contributed by atoms with Crippen LogP contribution in [0.3, 0.4) is 0 Å². The average molecular weight is 551 g/mol. The molecule has 1 aliphatic heterocycles. The fraction of sp³-hybridized carbons (Fsp3) is 0.308. The highest BCUT2D eigenvalue weighted by Crippen LogP contribution is 2.23. The molecule has 186 valence electrons. The number of furan rings is 1. The van der Waals surface area contributed by atoms with Gasteiger partial charge in [0.2, 0.25) is 17.8 Å². The summed E-state index contributed by atoms with van der Waals surface area (Å²) in [4.78, 5) is 31.9. The number of benzene rings is 2. The molecule has 2 heterocycles. The predicted octanol–water partition coefficient (Wildman–Crippen LogP) is 4.04. The third-order valence-corrected chi connectivity index (χ3v) is 6.66. The highest BCUT2D eigenvalue weighted by Gasteiger charge is 2.28. The van der Waals surface area contributed by atoms with Gasteiger partial charge < -0.3 is 20.0 Å². The zero-order chi connectivity index (χ0) is 25.5. The molecule has 0 bridgehead atoms. The number of carbonyl (C=O) groups is 2. The molecule has 3 N–H and O–H groups in total. The highest BCUT2D eigenvalue weighted by molar-refractivity contribution is 9.10. The van der Waals surface area contributed by atoms with E-state index in [1.165, 1.54) is 0 Å². The minimum absolute atomic E-state index is 0.0414. The summed E-state index contributed by atoms with van der Waals surface area (Å²) < 4.78 is 6.52. The molecule has 1 aliphatic rings. The van der Waals surface area contributed by atoms with E-state index in [1.54, 1.807) is 4.90 Å². The summed E-state index contributed by atoms with van der Waals surface area (Å²) in [5.41, 5.74) is 2.42. The van der Waals surface area contributed by atoms with Gasteiger partial charge in [0.1, 0.15) is 17.4 Å². The van der Waals surface area contributed by atoms with Crippen molar-refractivity contribution in [3.63, 3.8) is 0 Å². The summed E-state index contributed by atoms with van der Waals surface area (Å²) in [6, 6.07) is 14.4. The number of anilines is 1. The van der Waals surface area contributed by atoms with Crippen molar-refractivity contribution in [2.24, 2.45) is 4.99 Å². The van der Waals surface area contributed by atoms with Gasteiger partial charge in [-0.25, -0.2) is 4.99 Å². The Morgan fingerprint density at radius 3 is 2.89 bits per heavy atom. The molecule has 1 atom stereocenters. The van der Waals surface area contributed by atoms with Crippen LogP contribution in [0.25, 0.3) is 11.0 Å². The number of aryl methyl sites for hydroxylation is 1. The highest BCUT2D eigenvalue weighted by atomic mass is 79.9. The Bertz CT molecular complexity index is 1330. The van der Waals surface area contributed by atoms with Crippen LogP contribution in [0.1, 0.15) is 30.6 Å². The van der Waals surface area contributed by atoms with Crippen LogP contribution in [0.15, 0.2) is 62.4 Å². The molecular weight excluding hydrogens is 524 g/mol. The molecule has 1 fully saturated rings. The van der Waals surface area contributed by atoms with Gasteiger partial charge in [-0.05, 0) is 62.1 Å². The number of nitrogens with zero attached hydrogens (tertiary/aromatic N) is 3. The summed E-state index contributed by atoms with van der Waals surface area (Å²) in [7, 11) is 0. The summed E-state index contributed by atoms with van der Waals surface area (Å²) in [5, 5.41) is 18.7. The molecule has 1 aromatic heterocycles. The molecule has 2 amide bonds. The number of carbonyl (C=O) groups excluding carboxylic acids is 2. The molecule has 1 saturated heterocycles. The Morgan fingerprint density at radius 1 is 1.25 bits per heavy atom. The SMILES string of the molecule is Cc1cc2cc(NC(=N[C@H]3CCCCN(CC(=O)NCc4ccccc4Br)C3=O)NC#N)ccc2o1. The van der Waals surface area contributed by atoms with E-state index in [0.717, 1.165) is 39.6 Å². The number of halogens is 1. The standard InChI is InChI=1S/C26H27BrN6O3/c1-17-12-19-13-20(9-10-23(19)36-17)31-26(30-16-28)32-22-8-4-5-11-33(25(22)35)15-24(34)29-14-18-6-2-3-7-21(18)27/h2-3,6-7,9-10,12-13,22H,4-5,8,11,14-15H2,1H3,(H,29,34)(H2,30,31,32)/t22-/m0/s1. The van der Waals surface area contributed by atoms with Crippen molar-refractivity contribution >= 4 is 50.4 Å². The van der Waals surface area contributed by atoms with Gasteiger partial charge >= 0.3 is 0 Å². The van der Waals surface area contributed by atoms with Gasteiger partial charge in [0, 0.05) is 28.6 Å². The molecule has 4 rings (SSSR count). The van der Waals surface area contributed by atoms with Crippen LogP contribution >= 0.6 is 15.9 Å². The van der Waals surface area contributed by atoms with E-state index in [4.69, 9.17) is 4.42 Å². The van der Waals surface area contributed by atoms with E-state index in [9.17, 15) is 14.9 Å². The van der Waals surface area contributed by atoms with Crippen molar-refractivity contribution in [1.82, 2.24) is 15.5 Å². The molecule has 2 aromatic carbocycles. The second-order valence-corrected chi connectivity index (χ2v) is 9.44. The van der Waals surface area contributed by atoms with Gasteiger partial charge in [0.25, 0.3) is 0 Å². The van der Waals surface area contributed by atoms with Crippen molar-refractivity contribution in [2.45, 2.75) is 38.8 Å². The largest absolute Gasteiger partial charge is 0.461 e. The monoisotopic (exact) mass is 550 g/mol. The third-order valence-electron chi connectivity index (χ3n) is 5.88. The minimum atomic E-state index is -0.702. The summed E-state index contributed by atoms with van der Waals surface area (Å²) in [6.07, 6.45) is 3.97. The van der Waals surface area contributed by atoms with Gasteiger partial charge in [0.15, 0.2) is 6.19 Å². The second-order valence-electron chi connectivity index (χ2n) is 8.59. The van der Waals surface area contributed by atoms with E-state index >= 15 is 0 Å². The van der Waals surface area contributed by atoms with E-state index in [-0.39, 0.29) is 24.3 Å². The molecule has 0 saturated carbocycles. The Balaban J connectivity index is 1.43. The maximum atomic E-state index is 13.3. The number of aliphatic imine (C=N–C) groups is 1. The predicted molar refractivity (Wildman–Crippen MR) is 141 cm³/mol. The number of likely N-dealkylation sites (tertiary alicyclic amines) is 1. The first kappa shape index (κ1) is 25.3. The Morgan fingerprint density at radius 2 is 2.08 bits per heavy atom. The topological polar surface area (TPSA) is 123 Å². The van der Waals surface area contributed by atoms with E-state index in [2.05, 4.69) is 36.9 Å². The maximum Gasteiger partial charge on any atom is 0.247 e. The molecule has 9 nitrogen and oxygen atoms in total. The molecule has 0 spiro atoms. The lowest BCUT2D eigenvalue weighted by atomic mass is 10.1. The minimum Gasteiger partial charge on any atom is -0.461 e. The lowest BCUT2D eigenvalue weighted by Gasteiger charge is -2.22. The van der Waals surface area contributed by atoms with Crippen molar-refractivity contribution in [3.05, 3.63) is 64.3 Å². The lowest BCUT2D eigenvalue weighted by Crippen LogP contribution is -2.44. The van der Waals surface area contributed by atoms with E-state index < -0.39 is 6.04 Å². The molecule has 0 radical (unpaired) electrons. The Kier molecular flexibility index (Phi) is 8.23. The van der Waals surface area contributed by atoms with Gasteiger partial charge in [-0.1, -0.05) is 34.1 Å². The van der Waals surface area contributed by atoms with Crippen molar-refractivity contribution < 1.29 is 14.0 Å². The van der Waals surface area contributed by atoms with Crippen LogP contribution < -0.4 is 16.0 Å². The van der Waals surface area contributed by atoms with E-state index in [0.29, 0.717) is 25.2 Å². The van der Waals surface area contributed by atoms with Gasteiger partial charge in [-0.2, -0.15) is 5.26 Å². The average Bonchev–Trinajstić information content (AvgIpc) is 3.14. The Labute approximate surface area is 217 Å². The number of nitriles is 1. The Hall–Kier alpha value is -3.84. The third kappa shape index (κ3) is 6.43. The van der Waals surface area contributed by atoms with Crippen LogP contribution in [0.2, 0.25) is 0 Å². The van der Waals surface area contributed by atoms with Gasteiger partial charge in [0.05, 0.1) is 6.54 Å². The number of hydrogen-bond acceptors (Lipinski definition) is 5. The number of hydrogen-bond donors (Lipinski definition) is 3. The molecule has 3 aromatic rings. The molecule has 0 unspecified atom stereocenters. The van der Waals surface area contributed by atoms with Crippen molar-refractivity contribution in [3.8, 4) is 6.19 Å². The van der Waals surface area contributed by atoms with Gasteiger partial charge in [-0.15, -0.1) is 0 Å². The number of amides is 2. The van der Waals surface area contributed by atoms with Gasteiger partial charge in [-0.3, -0.25) is 14.9 Å². The summed E-state index contributed by atoms with van der Waals surface area (Å²) in [6.45, 7) is 2.69. The summed E-state index contributed by atoms with van der Waals surface area (Å²) in [5.74, 6) is 0.510. The number of rotatable bonds is 6. The molecular formula is C26H27BrN6O3. The van der Waals surface area contributed by atoms with Crippen LogP contribution in [0.5, 0.6) is 0 Å².